The van der Waals surface area contributed by atoms with Crippen molar-refractivity contribution in [3.8, 4) is 11.3 Å². The minimum Gasteiger partial charge on any atom is -0.338 e. The molecule has 2 bridgehead atoms. The number of nitrogens with zero attached hydrogens (tertiary/aromatic N) is 3. The van der Waals surface area contributed by atoms with Crippen LogP contribution in [0.4, 0.5) is 8.78 Å². The van der Waals surface area contributed by atoms with E-state index in [-0.39, 0.29) is 23.4 Å². The van der Waals surface area contributed by atoms with Gasteiger partial charge in [-0.1, -0.05) is 42.8 Å². The standard InChI is InChI=1S/C25H23F2N3O2/c26-19-10-5-11-20(27)23(19)25(32)29-14-17-8-4-9-18(15-29)24(17)30-22(31)13-12-21(28-30)16-6-2-1-3-7-16/h1-3,5-7,10-13,17-18,24H,4,8-9,14-15H2. The lowest BCUT2D eigenvalue weighted by Crippen LogP contribution is -2.53. The SMILES string of the molecule is O=C(c1c(F)cccc1F)N1CC2CCCC(C1)C2n1nc(-c2ccccc2)ccc1=O. The van der Waals surface area contributed by atoms with E-state index in [0.29, 0.717) is 13.1 Å². The van der Waals surface area contributed by atoms with Crippen LogP contribution in [0.3, 0.4) is 0 Å². The van der Waals surface area contributed by atoms with Gasteiger partial charge in [0.15, 0.2) is 0 Å². The van der Waals surface area contributed by atoms with Gasteiger partial charge in [0, 0.05) is 24.7 Å². The Hall–Kier alpha value is -3.35. The molecule has 2 fully saturated rings. The third-order valence-electron chi connectivity index (χ3n) is 6.67. The van der Waals surface area contributed by atoms with Crippen LogP contribution in [0.15, 0.2) is 65.5 Å². The Labute approximate surface area is 184 Å². The van der Waals surface area contributed by atoms with Crippen molar-refractivity contribution < 1.29 is 13.6 Å². The molecule has 2 atom stereocenters. The van der Waals surface area contributed by atoms with Crippen molar-refractivity contribution in [3.63, 3.8) is 0 Å². The molecular weight excluding hydrogens is 412 g/mol. The van der Waals surface area contributed by atoms with Gasteiger partial charge < -0.3 is 4.90 Å². The minimum atomic E-state index is -0.851. The van der Waals surface area contributed by atoms with Crippen molar-refractivity contribution in [2.75, 3.05) is 13.1 Å². The summed E-state index contributed by atoms with van der Waals surface area (Å²) < 4.78 is 30.0. The Morgan fingerprint density at radius 3 is 2.19 bits per heavy atom. The van der Waals surface area contributed by atoms with Gasteiger partial charge in [0.25, 0.3) is 11.5 Å². The predicted octanol–water partition coefficient (Wildman–Crippen LogP) is 4.30. The first-order valence-electron chi connectivity index (χ1n) is 10.9. The second kappa shape index (κ2) is 8.30. The van der Waals surface area contributed by atoms with E-state index >= 15 is 0 Å². The molecule has 32 heavy (non-hydrogen) atoms. The quantitative estimate of drug-likeness (QED) is 0.616. The van der Waals surface area contributed by atoms with Gasteiger partial charge in [-0.2, -0.15) is 5.10 Å². The predicted molar refractivity (Wildman–Crippen MR) is 116 cm³/mol. The molecule has 1 amide bonds. The maximum Gasteiger partial charge on any atom is 0.267 e. The summed E-state index contributed by atoms with van der Waals surface area (Å²) in [4.78, 5) is 27.3. The summed E-state index contributed by atoms with van der Waals surface area (Å²) in [5.41, 5.74) is 0.959. The van der Waals surface area contributed by atoms with Gasteiger partial charge in [0.05, 0.1) is 11.7 Å². The van der Waals surface area contributed by atoms with Crippen LogP contribution in [-0.2, 0) is 0 Å². The first-order chi connectivity index (χ1) is 15.5. The summed E-state index contributed by atoms with van der Waals surface area (Å²) >= 11 is 0. The first-order valence-corrected chi connectivity index (χ1v) is 10.9. The molecular formula is C25H23F2N3O2. The topological polar surface area (TPSA) is 55.2 Å². The number of amides is 1. The third-order valence-corrected chi connectivity index (χ3v) is 6.67. The van der Waals surface area contributed by atoms with E-state index in [1.54, 1.807) is 15.6 Å². The van der Waals surface area contributed by atoms with E-state index in [1.807, 2.05) is 30.3 Å². The molecule has 0 N–H and O–H groups in total. The summed E-state index contributed by atoms with van der Waals surface area (Å²) in [5, 5.41) is 4.69. The molecule has 2 heterocycles. The fourth-order valence-electron chi connectivity index (χ4n) is 5.24. The third kappa shape index (κ3) is 3.61. The number of rotatable bonds is 3. The molecule has 1 aliphatic carbocycles. The highest BCUT2D eigenvalue weighted by atomic mass is 19.1. The molecule has 2 unspecified atom stereocenters. The van der Waals surface area contributed by atoms with Crippen LogP contribution in [0.2, 0.25) is 0 Å². The zero-order chi connectivity index (χ0) is 22.2. The van der Waals surface area contributed by atoms with Crippen molar-refractivity contribution in [1.82, 2.24) is 14.7 Å². The van der Waals surface area contributed by atoms with Gasteiger partial charge in [-0.05, 0) is 42.9 Å². The molecule has 0 spiro atoms. The van der Waals surface area contributed by atoms with Crippen molar-refractivity contribution >= 4 is 5.91 Å². The molecule has 164 valence electrons. The van der Waals surface area contributed by atoms with E-state index in [4.69, 9.17) is 0 Å². The second-order valence-electron chi connectivity index (χ2n) is 8.62. The highest BCUT2D eigenvalue weighted by Crippen LogP contribution is 2.42. The van der Waals surface area contributed by atoms with Gasteiger partial charge in [-0.25, -0.2) is 13.5 Å². The van der Waals surface area contributed by atoms with E-state index < -0.39 is 23.1 Å². The maximum absolute atomic E-state index is 14.2. The average Bonchev–Trinajstić information content (AvgIpc) is 2.79. The molecule has 1 saturated carbocycles. The molecule has 2 aliphatic rings. The zero-order valence-electron chi connectivity index (χ0n) is 17.5. The Kier molecular flexibility index (Phi) is 5.33. The zero-order valence-corrected chi connectivity index (χ0v) is 17.5. The lowest BCUT2D eigenvalue weighted by Gasteiger charge is -2.47. The summed E-state index contributed by atoms with van der Waals surface area (Å²) in [6, 6.07) is 16.2. The number of hydrogen-bond acceptors (Lipinski definition) is 3. The van der Waals surface area contributed by atoms with Crippen LogP contribution < -0.4 is 5.56 Å². The number of carbonyl (C=O) groups is 1. The highest BCUT2D eigenvalue weighted by Gasteiger charge is 2.43. The fraction of sp³-hybridized carbons (Fsp3) is 0.320. The average molecular weight is 435 g/mol. The molecule has 5 nitrogen and oxygen atoms in total. The van der Waals surface area contributed by atoms with Gasteiger partial charge in [-0.3, -0.25) is 9.59 Å². The molecule has 5 rings (SSSR count). The minimum absolute atomic E-state index is 0.00231. The monoisotopic (exact) mass is 435 g/mol. The highest BCUT2D eigenvalue weighted by molar-refractivity contribution is 5.94. The lowest BCUT2D eigenvalue weighted by atomic mass is 9.73. The Morgan fingerprint density at radius 1 is 0.875 bits per heavy atom. The van der Waals surface area contributed by atoms with Crippen LogP contribution in [0.25, 0.3) is 11.3 Å². The summed E-state index contributed by atoms with van der Waals surface area (Å²) in [5.74, 6) is -2.34. The molecule has 2 aromatic carbocycles. The van der Waals surface area contributed by atoms with E-state index in [9.17, 15) is 18.4 Å². The van der Waals surface area contributed by atoms with E-state index in [1.165, 1.54) is 12.1 Å². The first kappa shape index (κ1) is 20.5. The number of piperidine rings is 1. The van der Waals surface area contributed by atoms with Crippen molar-refractivity contribution in [3.05, 3.63) is 88.2 Å². The lowest BCUT2D eigenvalue weighted by molar-refractivity contribution is 0.0190. The largest absolute Gasteiger partial charge is 0.338 e. The number of benzene rings is 2. The van der Waals surface area contributed by atoms with Gasteiger partial charge in [0.2, 0.25) is 0 Å². The van der Waals surface area contributed by atoms with Crippen LogP contribution in [0, 0.1) is 23.5 Å². The van der Waals surface area contributed by atoms with Crippen LogP contribution in [-0.4, -0.2) is 33.7 Å². The van der Waals surface area contributed by atoms with Crippen LogP contribution in [0.5, 0.6) is 0 Å². The van der Waals surface area contributed by atoms with Gasteiger partial charge >= 0.3 is 0 Å². The summed E-state index contributed by atoms with van der Waals surface area (Å²) in [6.07, 6.45) is 2.65. The van der Waals surface area contributed by atoms with Crippen molar-refractivity contribution in [2.45, 2.75) is 25.3 Å². The molecule has 0 radical (unpaired) electrons. The summed E-state index contributed by atoms with van der Waals surface area (Å²) in [7, 11) is 0. The van der Waals surface area contributed by atoms with Crippen molar-refractivity contribution in [1.29, 1.82) is 0 Å². The normalized spacial score (nSPS) is 22.6. The van der Waals surface area contributed by atoms with E-state index in [0.717, 1.165) is 42.7 Å². The van der Waals surface area contributed by atoms with Crippen molar-refractivity contribution in [2.24, 2.45) is 11.8 Å². The number of hydrogen-bond donors (Lipinski definition) is 0. The number of halogens is 2. The van der Waals surface area contributed by atoms with Crippen LogP contribution >= 0.6 is 0 Å². The molecule has 3 aromatic rings. The van der Waals surface area contributed by atoms with Crippen LogP contribution in [0.1, 0.15) is 35.7 Å². The summed E-state index contributed by atoms with van der Waals surface area (Å²) in [6.45, 7) is 0.689. The smallest absolute Gasteiger partial charge is 0.267 e. The fourth-order valence-corrected chi connectivity index (χ4v) is 5.24. The number of carbonyl (C=O) groups excluding carboxylic acids is 1. The molecule has 1 aromatic heterocycles. The number of likely N-dealkylation sites (tertiary alicyclic amines) is 1. The Balaban J connectivity index is 1.46. The van der Waals surface area contributed by atoms with Gasteiger partial charge in [0.1, 0.15) is 17.2 Å². The molecule has 1 saturated heterocycles. The Bertz CT molecular complexity index is 1180. The Morgan fingerprint density at radius 2 is 1.53 bits per heavy atom. The molecule has 1 aliphatic heterocycles. The second-order valence-corrected chi connectivity index (χ2v) is 8.62. The number of fused-ring (bicyclic) bond motifs is 2. The number of aromatic nitrogens is 2. The maximum atomic E-state index is 14.2. The molecule has 7 heteroatoms. The van der Waals surface area contributed by atoms with Gasteiger partial charge in [-0.15, -0.1) is 0 Å². The van der Waals surface area contributed by atoms with E-state index in [2.05, 4.69) is 5.10 Å².